The Kier molecular flexibility index (Phi) is 16.5. The van der Waals surface area contributed by atoms with Crippen molar-refractivity contribution in [2.45, 2.75) is 62.3 Å². The Morgan fingerprint density at radius 1 is 0.808 bits per heavy atom. The number of likely N-dealkylation sites (tertiary alicyclic amines) is 1. The molecule has 9 rings (SSSR count). The lowest BCUT2D eigenvalue weighted by Gasteiger charge is -2.37. The van der Waals surface area contributed by atoms with E-state index in [1.807, 2.05) is 79.7 Å². The third-order valence-electron chi connectivity index (χ3n) is 14.8. The van der Waals surface area contributed by atoms with E-state index in [4.69, 9.17) is 16.1 Å². The van der Waals surface area contributed by atoms with Gasteiger partial charge in [0.15, 0.2) is 9.84 Å². The first-order valence-electron chi connectivity index (χ1n) is 25.4. The first kappa shape index (κ1) is 52.8. The van der Waals surface area contributed by atoms with E-state index < -0.39 is 23.3 Å². The summed E-state index contributed by atoms with van der Waals surface area (Å²) in [4.78, 5) is 21.4. The SMILES string of the molecule is Cc1c(C(=O)O)c(-c2cccc(N3CCN(c4ccc(N5CCO[P@]5(=O)c5ccc(C[C@H](CCN6CCC(CO)CC6)CSc6ccccc6)c(S(C)(=O)=O)c5)cc4)CC3)c2)c(-c2ccc(Cl)cc2)n1C(C)C. The van der Waals surface area contributed by atoms with E-state index in [1.165, 1.54) is 11.2 Å². The normalized spacial score (nSPS) is 18.5. The molecule has 0 aliphatic carbocycles. The third-order valence-corrected chi connectivity index (χ3v) is 20.0. The van der Waals surface area contributed by atoms with Crippen molar-refractivity contribution in [3.05, 3.63) is 143 Å². The van der Waals surface area contributed by atoms with Gasteiger partial charge in [0.1, 0.15) is 0 Å². The predicted molar refractivity (Wildman–Crippen MR) is 299 cm³/mol. The number of aromatic carboxylic acids is 1. The molecule has 2 N–H and O–H groups in total. The number of nitrogens with zero attached hydrogens (tertiary/aromatic N) is 5. The van der Waals surface area contributed by atoms with Gasteiger partial charge in [0, 0.05) is 89.1 Å². The zero-order chi connectivity index (χ0) is 51.4. The Hall–Kier alpha value is -5.05. The number of anilines is 3. The summed E-state index contributed by atoms with van der Waals surface area (Å²) in [7, 11) is -7.37. The highest BCUT2D eigenvalue weighted by Crippen LogP contribution is 2.56. The number of hydrogen-bond acceptors (Lipinski definition) is 10. The molecule has 16 heteroatoms. The van der Waals surface area contributed by atoms with E-state index in [0.717, 1.165) is 110 Å². The lowest BCUT2D eigenvalue weighted by Crippen LogP contribution is -2.46. The molecule has 4 heterocycles. The number of halogens is 1. The third kappa shape index (κ3) is 11.8. The molecule has 73 heavy (non-hydrogen) atoms. The van der Waals surface area contributed by atoms with Gasteiger partial charge in [-0.1, -0.05) is 60.1 Å². The summed E-state index contributed by atoms with van der Waals surface area (Å²) in [6, 6.07) is 39.4. The zero-order valence-corrected chi connectivity index (χ0v) is 45.5. The molecule has 3 fully saturated rings. The summed E-state index contributed by atoms with van der Waals surface area (Å²) < 4.78 is 52.2. The zero-order valence-electron chi connectivity index (χ0n) is 42.2. The van der Waals surface area contributed by atoms with Crippen LogP contribution in [0.4, 0.5) is 17.1 Å². The van der Waals surface area contributed by atoms with Gasteiger partial charge in [-0.25, -0.2) is 13.2 Å². The molecule has 12 nitrogen and oxygen atoms in total. The molecule has 3 saturated heterocycles. The van der Waals surface area contributed by atoms with Crippen molar-refractivity contribution in [3.63, 3.8) is 0 Å². The lowest BCUT2D eigenvalue weighted by atomic mass is 9.95. The quantitative estimate of drug-likeness (QED) is 0.0626. The number of carboxylic acids is 1. The maximum Gasteiger partial charge on any atom is 0.338 e. The Bertz CT molecular complexity index is 3050. The molecule has 3 aliphatic heterocycles. The predicted octanol–water partition coefficient (Wildman–Crippen LogP) is 11.2. The second-order valence-electron chi connectivity index (χ2n) is 20.0. The number of piperazine rings is 1. The van der Waals surface area contributed by atoms with Crippen molar-refractivity contribution in [2.24, 2.45) is 11.8 Å². The number of sulfone groups is 1. The van der Waals surface area contributed by atoms with E-state index in [1.54, 1.807) is 28.6 Å². The van der Waals surface area contributed by atoms with Gasteiger partial charge in [-0.05, 0) is 167 Å². The summed E-state index contributed by atoms with van der Waals surface area (Å²) in [5, 5.41) is 21.2. The number of thioether (sulfide) groups is 1. The van der Waals surface area contributed by atoms with Gasteiger partial charge < -0.3 is 34.0 Å². The number of aliphatic hydroxyl groups is 1. The Balaban J connectivity index is 0.893. The number of benzene rings is 5. The van der Waals surface area contributed by atoms with E-state index in [0.29, 0.717) is 46.0 Å². The minimum atomic E-state index is -3.70. The van der Waals surface area contributed by atoms with Crippen LogP contribution in [0.1, 0.15) is 60.8 Å². The first-order chi connectivity index (χ1) is 35.1. The summed E-state index contributed by atoms with van der Waals surface area (Å²) >= 11 is 8.08. The standard InChI is InChI=1S/C57H67ClN5O7PS2/c1-40(2)63-41(3)54(57(65)66)55(56(63)44-13-16-47(58)17-14-44)46-9-8-10-50(36-46)61-31-29-60(30-32-61)48-18-20-49(21-19-48)62-33-34-70-71(62,67)51-22-15-45(53(37-51)73(4,68)69)35-43(39-72-52-11-6-5-7-12-52)25-28-59-26-23-42(38-64)24-27-59/h5-22,36-37,40,42-43,64H,23-35,38-39H2,1-4H3,(H,65,66)/t43-,71+/m0/s1. The Morgan fingerprint density at radius 3 is 2.12 bits per heavy atom. The average molecular weight is 1060 g/mol. The molecular formula is C57H67ClN5O7PS2. The number of carbonyl (C=O) groups is 1. The van der Waals surface area contributed by atoms with Crippen LogP contribution in [0.15, 0.2) is 131 Å². The van der Waals surface area contributed by atoms with Crippen molar-refractivity contribution < 1.29 is 32.5 Å². The van der Waals surface area contributed by atoms with Crippen LogP contribution in [-0.4, -0.2) is 112 Å². The van der Waals surface area contributed by atoms with Gasteiger partial charge >= 0.3 is 13.5 Å². The van der Waals surface area contributed by atoms with E-state index in [2.05, 4.69) is 69.5 Å². The number of aliphatic hydroxyl groups excluding tert-OH is 1. The lowest BCUT2D eigenvalue weighted by molar-refractivity contribution is 0.0696. The maximum absolute atomic E-state index is 15.0. The van der Waals surface area contributed by atoms with E-state index in [-0.39, 0.29) is 30.1 Å². The minimum absolute atomic E-state index is 0.0195. The van der Waals surface area contributed by atoms with Crippen LogP contribution >= 0.6 is 30.9 Å². The highest BCUT2D eigenvalue weighted by atomic mass is 35.5. The molecule has 6 aromatic rings. The van der Waals surface area contributed by atoms with Crippen LogP contribution in [0.25, 0.3) is 22.4 Å². The molecule has 5 aromatic carbocycles. The highest BCUT2D eigenvalue weighted by molar-refractivity contribution is 7.99. The topological polar surface area (TPSA) is 136 Å². The van der Waals surface area contributed by atoms with Gasteiger partial charge in [-0.15, -0.1) is 11.8 Å². The molecule has 1 aromatic heterocycles. The molecular weight excluding hydrogens is 997 g/mol. The second-order valence-corrected chi connectivity index (χ2v) is 25.8. The average Bonchev–Trinajstić information content (AvgIpc) is 3.95. The van der Waals surface area contributed by atoms with Crippen molar-refractivity contribution in [1.82, 2.24) is 9.47 Å². The Labute approximate surface area is 440 Å². The fourth-order valence-electron chi connectivity index (χ4n) is 10.9. The maximum atomic E-state index is 15.0. The fourth-order valence-corrected chi connectivity index (χ4v) is 15.4. The molecule has 0 amide bonds. The van der Waals surface area contributed by atoms with Gasteiger partial charge in [0.25, 0.3) is 0 Å². The van der Waals surface area contributed by atoms with Gasteiger partial charge in [0.2, 0.25) is 0 Å². The minimum Gasteiger partial charge on any atom is -0.478 e. The van der Waals surface area contributed by atoms with Crippen LogP contribution in [0.5, 0.6) is 0 Å². The number of hydrogen-bond donors (Lipinski definition) is 2. The molecule has 0 saturated carbocycles. The van der Waals surface area contributed by atoms with Gasteiger partial charge in [-0.3, -0.25) is 9.24 Å². The van der Waals surface area contributed by atoms with Crippen molar-refractivity contribution >= 4 is 69.1 Å². The molecule has 2 atom stereocenters. The molecule has 0 bridgehead atoms. The number of aromatic nitrogens is 1. The summed E-state index contributed by atoms with van der Waals surface area (Å²) in [5.41, 5.74) is 7.81. The molecule has 386 valence electrons. The Morgan fingerprint density at radius 2 is 1.48 bits per heavy atom. The van der Waals surface area contributed by atoms with Crippen LogP contribution in [0, 0.1) is 18.8 Å². The van der Waals surface area contributed by atoms with Crippen molar-refractivity contribution in [1.29, 1.82) is 0 Å². The van der Waals surface area contributed by atoms with Gasteiger partial charge in [-0.2, -0.15) is 0 Å². The smallest absolute Gasteiger partial charge is 0.338 e. The number of carboxylic acid groups (broad SMARTS) is 1. The van der Waals surface area contributed by atoms with Crippen molar-refractivity contribution in [3.8, 4) is 22.4 Å². The fraction of sp³-hybridized carbons (Fsp3) is 0.386. The molecule has 0 unspecified atom stereocenters. The summed E-state index contributed by atoms with van der Waals surface area (Å²) in [6.45, 7) is 12.7. The summed E-state index contributed by atoms with van der Waals surface area (Å²) in [6.07, 6.45) is 4.68. The van der Waals surface area contributed by atoms with E-state index in [9.17, 15) is 23.4 Å². The molecule has 3 aliphatic rings. The second kappa shape index (κ2) is 22.8. The molecule has 0 spiro atoms. The highest BCUT2D eigenvalue weighted by Gasteiger charge is 2.41. The summed E-state index contributed by atoms with van der Waals surface area (Å²) in [5.74, 6) is 0.421. The van der Waals surface area contributed by atoms with Crippen LogP contribution in [0.2, 0.25) is 5.02 Å². The molecule has 0 radical (unpaired) electrons. The first-order valence-corrected chi connectivity index (χ1v) is 30.3. The number of piperidine rings is 1. The van der Waals surface area contributed by atoms with Crippen LogP contribution < -0.4 is 19.8 Å². The van der Waals surface area contributed by atoms with Gasteiger partial charge in [0.05, 0.1) is 34.6 Å². The largest absolute Gasteiger partial charge is 0.478 e. The van der Waals surface area contributed by atoms with E-state index >= 15 is 4.57 Å². The van der Waals surface area contributed by atoms with Crippen molar-refractivity contribution in [2.75, 3.05) is 92.1 Å². The number of rotatable bonds is 18. The van der Waals surface area contributed by atoms with Crippen LogP contribution in [-0.2, 0) is 25.3 Å². The van der Waals surface area contributed by atoms with Crippen LogP contribution in [0.3, 0.4) is 0 Å². The monoisotopic (exact) mass is 1060 g/mol.